The molecule has 2 nitrogen and oxygen atoms in total. The van der Waals surface area contributed by atoms with E-state index in [4.69, 9.17) is 0 Å². The van der Waals surface area contributed by atoms with E-state index in [0.717, 1.165) is 17.1 Å². The number of aromatic hydroxyl groups is 1. The molecule has 0 aliphatic carbocycles. The van der Waals surface area contributed by atoms with Crippen LogP contribution < -0.4 is 5.32 Å². The summed E-state index contributed by atoms with van der Waals surface area (Å²) >= 11 is 0. The molecule has 0 spiro atoms. The maximum absolute atomic E-state index is 13.0. The van der Waals surface area contributed by atoms with Crippen molar-refractivity contribution >= 4 is 16.5 Å². The van der Waals surface area contributed by atoms with Crippen molar-refractivity contribution < 1.29 is 9.50 Å². The van der Waals surface area contributed by atoms with Crippen LogP contribution in [0, 0.1) is 5.82 Å². The first-order chi connectivity index (χ1) is 10.1. The van der Waals surface area contributed by atoms with Gasteiger partial charge < -0.3 is 10.4 Å². The summed E-state index contributed by atoms with van der Waals surface area (Å²) in [5, 5.41) is 15.5. The highest BCUT2D eigenvalue weighted by Gasteiger charge is 2.11. The molecule has 0 saturated carbocycles. The topological polar surface area (TPSA) is 32.3 Å². The van der Waals surface area contributed by atoms with Gasteiger partial charge in [-0.05, 0) is 35.9 Å². The van der Waals surface area contributed by atoms with E-state index in [1.165, 1.54) is 11.5 Å². The Morgan fingerprint density at radius 1 is 0.952 bits per heavy atom. The Hall–Kier alpha value is -2.55. The second kappa shape index (κ2) is 5.44. The predicted octanol–water partition coefficient (Wildman–Crippen LogP) is 4.86. The molecule has 0 aromatic heterocycles. The van der Waals surface area contributed by atoms with Gasteiger partial charge in [0.05, 0.1) is 6.04 Å². The summed E-state index contributed by atoms with van der Waals surface area (Å²) < 4.78 is 13.0. The number of phenols is 1. The fourth-order valence-electron chi connectivity index (χ4n) is 2.49. The van der Waals surface area contributed by atoms with Crippen molar-refractivity contribution in [3.8, 4) is 5.75 Å². The molecule has 0 radical (unpaired) electrons. The van der Waals surface area contributed by atoms with E-state index < -0.39 is 5.82 Å². The van der Waals surface area contributed by atoms with Gasteiger partial charge in [0.25, 0.3) is 0 Å². The molecule has 106 valence electrons. The van der Waals surface area contributed by atoms with Crippen LogP contribution in [-0.4, -0.2) is 5.11 Å². The van der Waals surface area contributed by atoms with Crippen LogP contribution in [0.25, 0.3) is 10.8 Å². The van der Waals surface area contributed by atoms with Crippen LogP contribution in [-0.2, 0) is 0 Å². The molecule has 3 rings (SSSR count). The fourth-order valence-corrected chi connectivity index (χ4v) is 2.49. The number of anilines is 1. The molecule has 1 atom stereocenters. The van der Waals surface area contributed by atoms with Gasteiger partial charge in [-0.2, -0.15) is 0 Å². The minimum absolute atomic E-state index is 0.0317. The molecule has 3 heteroatoms. The normalized spacial score (nSPS) is 12.3. The van der Waals surface area contributed by atoms with Crippen LogP contribution in [0.15, 0.2) is 60.7 Å². The zero-order chi connectivity index (χ0) is 14.8. The summed E-state index contributed by atoms with van der Waals surface area (Å²) in [7, 11) is 0. The Balaban J connectivity index is 1.87. The van der Waals surface area contributed by atoms with E-state index in [-0.39, 0.29) is 11.8 Å². The molecule has 2 N–H and O–H groups in total. The van der Waals surface area contributed by atoms with Crippen molar-refractivity contribution in [1.29, 1.82) is 0 Å². The van der Waals surface area contributed by atoms with Crippen molar-refractivity contribution in [2.45, 2.75) is 13.0 Å². The van der Waals surface area contributed by atoms with E-state index in [1.807, 2.05) is 25.1 Å². The molecule has 0 saturated heterocycles. The monoisotopic (exact) mass is 281 g/mol. The lowest BCUT2D eigenvalue weighted by Gasteiger charge is -2.17. The molecule has 0 aliphatic rings. The summed E-state index contributed by atoms with van der Waals surface area (Å²) in [4.78, 5) is 0. The van der Waals surface area contributed by atoms with E-state index in [0.29, 0.717) is 5.56 Å². The molecule has 3 aromatic carbocycles. The highest BCUT2D eigenvalue weighted by molar-refractivity contribution is 5.85. The van der Waals surface area contributed by atoms with Crippen LogP contribution >= 0.6 is 0 Å². The van der Waals surface area contributed by atoms with Crippen LogP contribution in [0.2, 0.25) is 0 Å². The first-order valence-electron chi connectivity index (χ1n) is 6.87. The first-order valence-corrected chi connectivity index (χ1v) is 6.87. The summed E-state index contributed by atoms with van der Waals surface area (Å²) in [5.74, 6) is -0.468. The Labute approximate surface area is 122 Å². The SMILES string of the molecule is CC(Nc1ccc2ccccc2c1)c1ccc(F)cc1O. The number of hydrogen-bond donors (Lipinski definition) is 2. The largest absolute Gasteiger partial charge is 0.507 e. The number of rotatable bonds is 3. The van der Waals surface area contributed by atoms with Gasteiger partial charge in [0, 0.05) is 17.3 Å². The van der Waals surface area contributed by atoms with Gasteiger partial charge in [-0.3, -0.25) is 0 Å². The second-order valence-corrected chi connectivity index (χ2v) is 5.13. The molecule has 21 heavy (non-hydrogen) atoms. The van der Waals surface area contributed by atoms with Gasteiger partial charge in [-0.15, -0.1) is 0 Å². The standard InChI is InChI=1S/C18H16FNO/c1-12(17-9-7-15(19)11-18(17)21)20-16-8-6-13-4-2-3-5-14(13)10-16/h2-12,20-21H,1H3. The Morgan fingerprint density at radius 3 is 2.48 bits per heavy atom. The van der Waals surface area contributed by atoms with Gasteiger partial charge in [0.1, 0.15) is 11.6 Å². The van der Waals surface area contributed by atoms with E-state index in [9.17, 15) is 9.50 Å². The molecule has 0 amide bonds. The van der Waals surface area contributed by atoms with Crippen molar-refractivity contribution in [2.75, 3.05) is 5.32 Å². The van der Waals surface area contributed by atoms with Gasteiger partial charge in [0.15, 0.2) is 0 Å². The van der Waals surface area contributed by atoms with Gasteiger partial charge in [-0.1, -0.05) is 36.4 Å². The quantitative estimate of drug-likeness (QED) is 0.718. The Kier molecular flexibility index (Phi) is 3.48. The van der Waals surface area contributed by atoms with Crippen LogP contribution in [0.3, 0.4) is 0 Å². The zero-order valence-electron chi connectivity index (χ0n) is 11.7. The average molecular weight is 281 g/mol. The van der Waals surface area contributed by atoms with E-state index in [1.54, 1.807) is 6.07 Å². The molecule has 3 aromatic rings. The third-order valence-corrected chi connectivity index (χ3v) is 3.59. The minimum Gasteiger partial charge on any atom is -0.507 e. The van der Waals surface area contributed by atoms with Crippen LogP contribution in [0.5, 0.6) is 5.75 Å². The highest BCUT2D eigenvalue weighted by Crippen LogP contribution is 2.28. The lowest BCUT2D eigenvalue weighted by molar-refractivity contribution is 0.459. The maximum atomic E-state index is 13.0. The summed E-state index contributed by atoms with van der Waals surface area (Å²) in [6, 6.07) is 18.2. The predicted molar refractivity (Wildman–Crippen MR) is 84.1 cm³/mol. The summed E-state index contributed by atoms with van der Waals surface area (Å²) in [6.07, 6.45) is 0. The number of hydrogen-bond acceptors (Lipinski definition) is 2. The third kappa shape index (κ3) is 2.82. The molecular formula is C18H16FNO. The average Bonchev–Trinajstić information content (AvgIpc) is 2.47. The molecule has 1 unspecified atom stereocenters. The fraction of sp³-hybridized carbons (Fsp3) is 0.111. The lowest BCUT2D eigenvalue weighted by Crippen LogP contribution is -2.06. The molecule has 0 bridgehead atoms. The summed E-state index contributed by atoms with van der Waals surface area (Å²) in [5.41, 5.74) is 1.63. The summed E-state index contributed by atoms with van der Waals surface area (Å²) in [6.45, 7) is 1.93. The minimum atomic E-state index is -0.436. The first kappa shape index (κ1) is 13.4. The number of halogens is 1. The number of phenolic OH excluding ortho intramolecular Hbond substituents is 1. The molecule has 0 heterocycles. The number of fused-ring (bicyclic) bond motifs is 1. The Bertz CT molecular complexity index is 785. The van der Waals surface area contributed by atoms with Crippen molar-refractivity contribution in [3.63, 3.8) is 0 Å². The maximum Gasteiger partial charge on any atom is 0.126 e. The number of nitrogens with one attached hydrogen (secondary N) is 1. The lowest BCUT2D eigenvalue weighted by atomic mass is 10.1. The van der Waals surface area contributed by atoms with Crippen LogP contribution in [0.1, 0.15) is 18.5 Å². The van der Waals surface area contributed by atoms with Gasteiger partial charge in [-0.25, -0.2) is 4.39 Å². The molecule has 0 aliphatic heterocycles. The number of benzene rings is 3. The second-order valence-electron chi connectivity index (χ2n) is 5.13. The molecule has 0 fully saturated rings. The smallest absolute Gasteiger partial charge is 0.126 e. The highest BCUT2D eigenvalue weighted by atomic mass is 19.1. The van der Waals surface area contributed by atoms with E-state index in [2.05, 4.69) is 29.6 Å². The van der Waals surface area contributed by atoms with Gasteiger partial charge >= 0.3 is 0 Å². The van der Waals surface area contributed by atoms with Gasteiger partial charge in [0.2, 0.25) is 0 Å². The van der Waals surface area contributed by atoms with Crippen molar-refractivity contribution in [1.82, 2.24) is 0 Å². The Morgan fingerprint density at radius 2 is 1.71 bits per heavy atom. The third-order valence-electron chi connectivity index (χ3n) is 3.59. The van der Waals surface area contributed by atoms with Crippen LogP contribution in [0.4, 0.5) is 10.1 Å². The van der Waals surface area contributed by atoms with Crippen molar-refractivity contribution in [2.24, 2.45) is 0 Å². The zero-order valence-corrected chi connectivity index (χ0v) is 11.7. The molecular weight excluding hydrogens is 265 g/mol. The van der Waals surface area contributed by atoms with E-state index >= 15 is 0 Å². The van der Waals surface area contributed by atoms with Crippen molar-refractivity contribution in [3.05, 3.63) is 72.0 Å².